The Hall–Kier alpha value is -2.20. The number of aromatic carboxylic acids is 1. The molecule has 1 rings (SSSR count). The number of benzene rings is 1. The second-order valence-electron chi connectivity index (χ2n) is 3.89. The molecule has 0 aromatic heterocycles. The van der Waals surface area contributed by atoms with Crippen molar-refractivity contribution in [2.24, 2.45) is 0 Å². The van der Waals surface area contributed by atoms with Crippen LogP contribution in [0.25, 0.3) is 0 Å². The van der Waals surface area contributed by atoms with E-state index in [9.17, 15) is 23.3 Å². The zero-order valence-electron chi connectivity index (χ0n) is 10.5. The second-order valence-corrected chi connectivity index (χ2v) is 5.72. The fourth-order valence-electron chi connectivity index (χ4n) is 1.40. The fraction of sp³-hybridized carbons (Fsp3) is 0.300. The van der Waals surface area contributed by atoms with Crippen LogP contribution in [0, 0.1) is 10.1 Å². The molecule has 20 heavy (non-hydrogen) atoms. The molecule has 0 saturated carbocycles. The van der Waals surface area contributed by atoms with E-state index in [0.29, 0.717) is 0 Å². The quantitative estimate of drug-likeness (QED) is 0.373. The Morgan fingerprint density at radius 3 is 2.55 bits per heavy atom. The van der Waals surface area contributed by atoms with Crippen LogP contribution in [0.3, 0.4) is 0 Å². The van der Waals surface area contributed by atoms with Crippen LogP contribution in [0.2, 0.25) is 0 Å². The first-order chi connectivity index (χ1) is 9.20. The zero-order chi connectivity index (χ0) is 15.3. The Morgan fingerprint density at radius 2 is 2.05 bits per heavy atom. The summed E-state index contributed by atoms with van der Waals surface area (Å²) in [5.74, 6) is -1.27. The molecular formula is C10H13N3O6S. The molecule has 0 radical (unpaired) electrons. The van der Waals surface area contributed by atoms with Gasteiger partial charge in [-0.1, -0.05) is 0 Å². The predicted molar refractivity (Wildman–Crippen MR) is 71.4 cm³/mol. The molecule has 0 amide bonds. The summed E-state index contributed by atoms with van der Waals surface area (Å²) in [6.45, 7) is 0.178. The first-order valence-electron chi connectivity index (χ1n) is 5.41. The zero-order valence-corrected chi connectivity index (χ0v) is 11.3. The highest BCUT2D eigenvalue weighted by Gasteiger charge is 2.16. The highest BCUT2D eigenvalue weighted by molar-refractivity contribution is 7.88. The maximum absolute atomic E-state index is 10.8. The standard InChI is InChI=1S/C10H13N3O6S/c1-20(18,19)12-5-4-11-8-3-2-7(10(14)15)6-9(8)13(16)17/h2-3,6,11-12H,4-5H2,1H3,(H,14,15). The van der Waals surface area contributed by atoms with Crippen LogP contribution in [0.5, 0.6) is 0 Å². The van der Waals surface area contributed by atoms with Crippen LogP contribution >= 0.6 is 0 Å². The number of hydrogen-bond donors (Lipinski definition) is 3. The highest BCUT2D eigenvalue weighted by Crippen LogP contribution is 2.25. The second kappa shape index (κ2) is 6.30. The van der Waals surface area contributed by atoms with Crippen molar-refractivity contribution in [2.75, 3.05) is 24.7 Å². The van der Waals surface area contributed by atoms with E-state index in [0.717, 1.165) is 12.3 Å². The van der Waals surface area contributed by atoms with Crippen molar-refractivity contribution in [2.45, 2.75) is 0 Å². The fourth-order valence-corrected chi connectivity index (χ4v) is 1.87. The number of nitrogens with zero attached hydrogens (tertiary/aromatic N) is 1. The van der Waals surface area contributed by atoms with Gasteiger partial charge in [0, 0.05) is 19.2 Å². The lowest BCUT2D eigenvalue weighted by molar-refractivity contribution is -0.384. The van der Waals surface area contributed by atoms with Crippen molar-refractivity contribution in [1.29, 1.82) is 0 Å². The smallest absolute Gasteiger partial charge is 0.335 e. The number of carboxylic acids is 1. The van der Waals surface area contributed by atoms with Gasteiger partial charge in [-0.3, -0.25) is 10.1 Å². The highest BCUT2D eigenvalue weighted by atomic mass is 32.2. The van der Waals surface area contributed by atoms with Crippen molar-refractivity contribution in [3.63, 3.8) is 0 Å². The van der Waals surface area contributed by atoms with E-state index in [2.05, 4.69) is 10.0 Å². The molecule has 10 heteroatoms. The molecule has 0 aliphatic carbocycles. The molecular weight excluding hydrogens is 290 g/mol. The van der Waals surface area contributed by atoms with E-state index in [1.807, 2.05) is 0 Å². The molecule has 0 bridgehead atoms. The van der Waals surface area contributed by atoms with Crippen LogP contribution in [-0.2, 0) is 10.0 Å². The minimum absolute atomic E-state index is 0.0523. The van der Waals surface area contributed by atoms with Gasteiger partial charge in [0.1, 0.15) is 5.69 Å². The number of nitro groups is 1. The normalized spacial score (nSPS) is 11.1. The van der Waals surface area contributed by atoms with Crippen LogP contribution in [0.15, 0.2) is 18.2 Å². The molecule has 1 aromatic carbocycles. The summed E-state index contributed by atoms with van der Waals surface area (Å²) in [6, 6.07) is 3.43. The molecule has 0 saturated heterocycles. The van der Waals surface area contributed by atoms with Crippen molar-refractivity contribution < 1.29 is 23.2 Å². The first kappa shape index (κ1) is 15.9. The van der Waals surface area contributed by atoms with Gasteiger partial charge in [-0.25, -0.2) is 17.9 Å². The largest absolute Gasteiger partial charge is 0.478 e. The van der Waals surface area contributed by atoms with Gasteiger partial charge in [-0.2, -0.15) is 0 Å². The van der Waals surface area contributed by atoms with E-state index >= 15 is 0 Å². The molecule has 9 nitrogen and oxygen atoms in total. The predicted octanol–water partition coefficient (Wildman–Crippen LogP) is 0.254. The molecule has 0 fully saturated rings. The van der Waals surface area contributed by atoms with Gasteiger partial charge >= 0.3 is 5.97 Å². The maximum Gasteiger partial charge on any atom is 0.335 e. The van der Waals surface area contributed by atoms with E-state index in [-0.39, 0.29) is 30.0 Å². The molecule has 1 aromatic rings. The van der Waals surface area contributed by atoms with Gasteiger partial charge in [0.05, 0.1) is 16.7 Å². The van der Waals surface area contributed by atoms with Gasteiger partial charge < -0.3 is 10.4 Å². The molecule has 0 aliphatic heterocycles. The lowest BCUT2D eigenvalue weighted by Crippen LogP contribution is -2.27. The summed E-state index contributed by atoms with van der Waals surface area (Å²) >= 11 is 0. The first-order valence-corrected chi connectivity index (χ1v) is 7.30. The number of anilines is 1. The third kappa shape index (κ3) is 4.82. The van der Waals surface area contributed by atoms with Crippen molar-refractivity contribution >= 4 is 27.4 Å². The molecule has 0 spiro atoms. The Balaban J connectivity index is 2.79. The summed E-state index contributed by atoms with van der Waals surface area (Å²) in [5.41, 5.74) is -0.462. The topological polar surface area (TPSA) is 139 Å². The Labute approximate surface area is 114 Å². The molecule has 110 valence electrons. The lowest BCUT2D eigenvalue weighted by Gasteiger charge is -2.08. The Kier molecular flexibility index (Phi) is 5.00. The minimum Gasteiger partial charge on any atom is -0.478 e. The molecule has 0 unspecified atom stereocenters. The van der Waals surface area contributed by atoms with Gasteiger partial charge in [0.25, 0.3) is 5.69 Å². The van der Waals surface area contributed by atoms with Gasteiger partial charge in [-0.15, -0.1) is 0 Å². The Morgan fingerprint density at radius 1 is 1.40 bits per heavy atom. The number of hydrogen-bond acceptors (Lipinski definition) is 6. The van der Waals surface area contributed by atoms with Crippen LogP contribution in [0.1, 0.15) is 10.4 Å². The molecule has 3 N–H and O–H groups in total. The lowest BCUT2D eigenvalue weighted by atomic mass is 10.1. The summed E-state index contributed by atoms with van der Waals surface area (Å²) in [4.78, 5) is 20.9. The number of carboxylic acid groups (broad SMARTS) is 1. The number of nitro benzene ring substituents is 1. The monoisotopic (exact) mass is 303 g/mol. The summed E-state index contributed by atoms with van der Waals surface area (Å²) in [6.07, 6.45) is 0.997. The SMILES string of the molecule is CS(=O)(=O)NCCNc1ccc(C(=O)O)cc1[N+](=O)[O-]. The summed E-state index contributed by atoms with van der Waals surface area (Å²) in [5, 5.41) is 22.3. The average molecular weight is 303 g/mol. The minimum atomic E-state index is -3.32. The van der Waals surface area contributed by atoms with Crippen molar-refractivity contribution in [3.8, 4) is 0 Å². The summed E-state index contributed by atoms with van der Waals surface area (Å²) < 4.78 is 23.9. The van der Waals surface area contributed by atoms with E-state index < -0.39 is 20.9 Å². The van der Waals surface area contributed by atoms with Crippen LogP contribution in [0.4, 0.5) is 11.4 Å². The third-order valence-electron chi connectivity index (χ3n) is 2.25. The number of sulfonamides is 1. The van der Waals surface area contributed by atoms with Gasteiger partial charge in [0.2, 0.25) is 10.0 Å². The number of carbonyl (C=O) groups is 1. The molecule has 0 atom stereocenters. The third-order valence-corrected chi connectivity index (χ3v) is 2.97. The van der Waals surface area contributed by atoms with Crippen molar-refractivity contribution in [3.05, 3.63) is 33.9 Å². The van der Waals surface area contributed by atoms with Gasteiger partial charge in [0.15, 0.2) is 0 Å². The van der Waals surface area contributed by atoms with E-state index in [4.69, 9.17) is 5.11 Å². The number of nitrogens with one attached hydrogen (secondary N) is 2. The van der Waals surface area contributed by atoms with Crippen LogP contribution < -0.4 is 10.0 Å². The van der Waals surface area contributed by atoms with Gasteiger partial charge in [-0.05, 0) is 12.1 Å². The maximum atomic E-state index is 10.8. The van der Waals surface area contributed by atoms with Crippen LogP contribution in [-0.4, -0.2) is 43.8 Å². The number of rotatable bonds is 7. The summed E-state index contributed by atoms with van der Waals surface area (Å²) in [7, 11) is -3.32. The average Bonchev–Trinajstić information content (AvgIpc) is 2.33. The Bertz CT molecular complexity index is 628. The van der Waals surface area contributed by atoms with E-state index in [1.165, 1.54) is 12.1 Å². The molecule has 0 aliphatic rings. The molecule has 0 heterocycles. The van der Waals surface area contributed by atoms with Crippen molar-refractivity contribution in [1.82, 2.24) is 4.72 Å². The van der Waals surface area contributed by atoms with E-state index in [1.54, 1.807) is 0 Å².